The standard InChI is InChI=1S/C14H21ClO2/c1-2-3-4-9-14(10-16,11-17)12-5-7-13(15)8-6-12/h5-8,16-17H,2-4,9-11H2,1H3. The Kier molecular flexibility index (Phi) is 5.96. The van der Waals surface area contributed by atoms with Crippen molar-refractivity contribution in [3.63, 3.8) is 0 Å². The molecule has 1 aromatic rings. The maximum atomic E-state index is 9.61. The van der Waals surface area contributed by atoms with Crippen LogP contribution in [0.5, 0.6) is 0 Å². The highest BCUT2D eigenvalue weighted by Crippen LogP contribution is 2.30. The Balaban J connectivity index is 2.85. The van der Waals surface area contributed by atoms with E-state index in [9.17, 15) is 10.2 Å². The van der Waals surface area contributed by atoms with E-state index in [1.807, 2.05) is 12.1 Å². The molecule has 2 N–H and O–H groups in total. The van der Waals surface area contributed by atoms with E-state index >= 15 is 0 Å². The van der Waals surface area contributed by atoms with Crippen molar-refractivity contribution in [2.75, 3.05) is 13.2 Å². The van der Waals surface area contributed by atoms with Gasteiger partial charge in [-0.25, -0.2) is 0 Å². The fraction of sp³-hybridized carbons (Fsp3) is 0.571. The first-order chi connectivity index (χ1) is 8.18. The molecule has 0 heterocycles. The molecule has 0 aromatic heterocycles. The van der Waals surface area contributed by atoms with Crippen molar-refractivity contribution in [2.45, 2.75) is 38.0 Å². The number of benzene rings is 1. The number of hydrogen-bond acceptors (Lipinski definition) is 2. The second-order valence-electron chi connectivity index (χ2n) is 4.56. The molecule has 0 bridgehead atoms. The maximum Gasteiger partial charge on any atom is 0.0550 e. The average molecular weight is 257 g/mol. The third-order valence-corrected chi connectivity index (χ3v) is 3.57. The van der Waals surface area contributed by atoms with E-state index in [1.54, 1.807) is 12.1 Å². The SMILES string of the molecule is CCCCCC(CO)(CO)c1ccc(Cl)cc1. The van der Waals surface area contributed by atoms with Crippen LogP contribution in [0.3, 0.4) is 0 Å². The first-order valence-corrected chi connectivity index (χ1v) is 6.54. The molecule has 0 radical (unpaired) electrons. The number of aliphatic hydroxyl groups is 2. The fourth-order valence-corrected chi connectivity index (χ4v) is 2.18. The number of rotatable bonds is 7. The number of unbranched alkanes of at least 4 members (excludes halogenated alkanes) is 2. The van der Waals surface area contributed by atoms with Crippen molar-refractivity contribution < 1.29 is 10.2 Å². The Morgan fingerprint density at radius 2 is 1.65 bits per heavy atom. The first kappa shape index (κ1) is 14.5. The molecule has 0 aliphatic heterocycles. The zero-order valence-corrected chi connectivity index (χ0v) is 11.1. The minimum Gasteiger partial charge on any atom is -0.395 e. The smallest absolute Gasteiger partial charge is 0.0550 e. The van der Waals surface area contributed by atoms with Crippen molar-refractivity contribution in [2.24, 2.45) is 0 Å². The summed E-state index contributed by atoms with van der Waals surface area (Å²) in [7, 11) is 0. The van der Waals surface area contributed by atoms with E-state index in [4.69, 9.17) is 11.6 Å². The second-order valence-corrected chi connectivity index (χ2v) is 5.00. The first-order valence-electron chi connectivity index (χ1n) is 6.16. The Morgan fingerprint density at radius 3 is 2.12 bits per heavy atom. The van der Waals surface area contributed by atoms with Crippen LogP contribution in [-0.4, -0.2) is 23.4 Å². The lowest BCUT2D eigenvalue weighted by molar-refractivity contribution is 0.107. The van der Waals surface area contributed by atoms with Crippen molar-refractivity contribution >= 4 is 11.6 Å². The fourth-order valence-electron chi connectivity index (χ4n) is 2.05. The number of halogens is 1. The van der Waals surface area contributed by atoms with Crippen LogP contribution < -0.4 is 0 Å². The summed E-state index contributed by atoms with van der Waals surface area (Å²) in [6, 6.07) is 7.38. The molecule has 0 fully saturated rings. The van der Waals surface area contributed by atoms with Crippen LogP contribution in [0.25, 0.3) is 0 Å². The average Bonchev–Trinajstić information content (AvgIpc) is 2.37. The predicted octanol–water partition coefficient (Wildman–Crippen LogP) is 3.14. The molecule has 0 saturated heterocycles. The van der Waals surface area contributed by atoms with Crippen LogP contribution in [0.1, 0.15) is 38.2 Å². The van der Waals surface area contributed by atoms with Gasteiger partial charge < -0.3 is 10.2 Å². The molecular weight excluding hydrogens is 236 g/mol. The van der Waals surface area contributed by atoms with Crippen LogP contribution in [0, 0.1) is 0 Å². The summed E-state index contributed by atoms with van der Waals surface area (Å²) in [5.74, 6) is 0. The predicted molar refractivity (Wildman–Crippen MR) is 71.4 cm³/mol. The Bertz CT molecular complexity index is 317. The van der Waals surface area contributed by atoms with Gasteiger partial charge in [-0.1, -0.05) is 49.9 Å². The monoisotopic (exact) mass is 256 g/mol. The summed E-state index contributed by atoms with van der Waals surface area (Å²) in [6.45, 7) is 2.07. The van der Waals surface area contributed by atoms with Gasteiger partial charge >= 0.3 is 0 Å². The van der Waals surface area contributed by atoms with Gasteiger partial charge in [0.25, 0.3) is 0 Å². The van der Waals surface area contributed by atoms with Crippen molar-refractivity contribution in [3.05, 3.63) is 34.9 Å². The van der Waals surface area contributed by atoms with E-state index in [1.165, 1.54) is 0 Å². The molecule has 0 saturated carbocycles. The van der Waals surface area contributed by atoms with Gasteiger partial charge in [0.1, 0.15) is 0 Å². The van der Waals surface area contributed by atoms with Crippen molar-refractivity contribution in [1.82, 2.24) is 0 Å². The molecule has 0 spiro atoms. The van der Waals surface area contributed by atoms with E-state index in [0.29, 0.717) is 5.02 Å². The lowest BCUT2D eigenvalue weighted by Crippen LogP contribution is -2.34. The molecule has 0 amide bonds. The Morgan fingerprint density at radius 1 is 1.06 bits per heavy atom. The van der Waals surface area contributed by atoms with Gasteiger partial charge in [0.05, 0.1) is 13.2 Å². The third-order valence-electron chi connectivity index (χ3n) is 3.32. The van der Waals surface area contributed by atoms with Gasteiger partial charge in [0.2, 0.25) is 0 Å². The van der Waals surface area contributed by atoms with Gasteiger partial charge in [-0.15, -0.1) is 0 Å². The highest BCUT2D eigenvalue weighted by atomic mass is 35.5. The molecule has 0 atom stereocenters. The van der Waals surface area contributed by atoms with Gasteiger partial charge in [-0.3, -0.25) is 0 Å². The second kappa shape index (κ2) is 7.00. The van der Waals surface area contributed by atoms with E-state index in [2.05, 4.69) is 6.92 Å². The van der Waals surface area contributed by atoms with E-state index in [0.717, 1.165) is 31.2 Å². The molecule has 96 valence electrons. The normalized spacial score (nSPS) is 11.8. The summed E-state index contributed by atoms with van der Waals surface area (Å²) < 4.78 is 0. The summed E-state index contributed by atoms with van der Waals surface area (Å²) in [5, 5.41) is 19.9. The van der Waals surface area contributed by atoms with Gasteiger partial charge in [-0.2, -0.15) is 0 Å². The maximum absolute atomic E-state index is 9.61. The molecular formula is C14H21ClO2. The molecule has 17 heavy (non-hydrogen) atoms. The Labute approximate surface area is 108 Å². The van der Waals surface area contributed by atoms with Crippen LogP contribution in [0.4, 0.5) is 0 Å². The van der Waals surface area contributed by atoms with Crippen LogP contribution in [0.15, 0.2) is 24.3 Å². The minimum atomic E-state index is -0.528. The lowest BCUT2D eigenvalue weighted by atomic mass is 9.77. The van der Waals surface area contributed by atoms with Gasteiger partial charge in [0.15, 0.2) is 0 Å². The Hall–Kier alpha value is -0.570. The summed E-state index contributed by atoms with van der Waals surface area (Å²) in [6.07, 6.45) is 4.07. The van der Waals surface area contributed by atoms with Crippen molar-refractivity contribution in [3.8, 4) is 0 Å². The minimum absolute atomic E-state index is 0.0329. The van der Waals surface area contributed by atoms with Crippen molar-refractivity contribution in [1.29, 1.82) is 0 Å². The molecule has 3 heteroatoms. The third kappa shape index (κ3) is 3.70. The number of aliphatic hydroxyl groups excluding tert-OH is 2. The lowest BCUT2D eigenvalue weighted by Gasteiger charge is -2.30. The summed E-state index contributed by atoms with van der Waals surface area (Å²) >= 11 is 5.85. The summed E-state index contributed by atoms with van der Waals surface area (Å²) in [5.41, 5.74) is 0.433. The molecule has 2 nitrogen and oxygen atoms in total. The van der Waals surface area contributed by atoms with Gasteiger partial charge in [-0.05, 0) is 24.1 Å². The van der Waals surface area contributed by atoms with E-state index < -0.39 is 5.41 Å². The molecule has 1 aromatic carbocycles. The highest BCUT2D eigenvalue weighted by Gasteiger charge is 2.30. The topological polar surface area (TPSA) is 40.5 Å². The molecule has 1 rings (SSSR count). The molecule has 0 unspecified atom stereocenters. The number of hydrogen-bond donors (Lipinski definition) is 2. The quantitative estimate of drug-likeness (QED) is 0.736. The van der Waals surface area contributed by atoms with Crippen LogP contribution in [0.2, 0.25) is 5.02 Å². The zero-order valence-electron chi connectivity index (χ0n) is 10.3. The van der Waals surface area contributed by atoms with Crippen LogP contribution >= 0.6 is 11.6 Å². The highest BCUT2D eigenvalue weighted by molar-refractivity contribution is 6.30. The van der Waals surface area contributed by atoms with E-state index in [-0.39, 0.29) is 13.2 Å². The molecule has 0 aliphatic carbocycles. The van der Waals surface area contributed by atoms with Crippen LogP contribution in [-0.2, 0) is 5.41 Å². The molecule has 0 aliphatic rings. The van der Waals surface area contributed by atoms with Gasteiger partial charge in [0, 0.05) is 10.4 Å². The summed E-state index contributed by atoms with van der Waals surface area (Å²) in [4.78, 5) is 0. The zero-order chi connectivity index (χ0) is 12.7. The largest absolute Gasteiger partial charge is 0.395 e.